The van der Waals surface area contributed by atoms with Crippen molar-refractivity contribution in [2.45, 2.75) is 18.6 Å². The molecule has 0 bridgehead atoms. The maximum atomic E-state index is 12.5. The fourth-order valence-corrected chi connectivity index (χ4v) is 4.05. The maximum Gasteiger partial charge on any atom is 0.325 e. The molecule has 2 fully saturated rings. The lowest BCUT2D eigenvalue weighted by molar-refractivity contribution is -0.143. The van der Waals surface area contributed by atoms with E-state index in [1.54, 1.807) is 14.0 Å². The third kappa shape index (κ3) is 5.11. The summed E-state index contributed by atoms with van der Waals surface area (Å²) in [7, 11) is 1.60. The molecule has 3 rings (SSSR count). The molecule has 29 heavy (non-hydrogen) atoms. The second kappa shape index (κ2) is 9.81. The van der Waals surface area contributed by atoms with Crippen molar-refractivity contribution >= 4 is 35.2 Å². The van der Waals surface area contributed by atoms with Crippen molar-refractivity contribution in [3.8, 4) is 5.75 Å². The Bertz CT molecular complexity index is 764. The molecule has 2 amide bonds. The molecule has 0 aliphatic carbocycles. The Morgan fingerprint density at radius 3 is 2.90 bits per heavy atom. The molecular formula is C18H25N5O5S. The Balaban J connectivity index is 1.58. The first-order chi connectivity index (χ1) is 14.0. The highest BCUT2D eigenvalue weighted by atomic mass is 32.2. The number of para-hydroxylation sites is 2. The van der Waals surface area contributed by atoms with Gasteiger partial charge < -0.3 is 20.1 Å². The van der Waals surface area contributed by atoms with Gasteiger partial charge in [-0.3, -0.25) is 24.7 Å². The van der Waals surface area contributed by atoms with Crippen LogP contribution in [0.1, 0.15) is 6.92 Å². The van der Waals surface area contributed by atoms with Crippen LogP contribution >= 0.6 is 11.8 Å². The van der Waals surface area contributed by atoms with Gasteiger partial charge in [0.25, 0.3) is 0 Å². The van der Waals surface area contributed by atoms with Gasteiger partial charge >= 0.3 is 5.97 Å². The summed E-state index contributed by atoms with van der Waals surface area (Å²) < 4.78 is 10.2. The predicted molar refractivity (Wildman–Crippen MR) is 108 cm³/mol. The number of fused-ring (bicyclic) bond motifs is 1. The number of thioether (sulfide) groups is 1. The molecule has 0 aromatic heterocycles. The van der Waals surface area contributed by atoms with Gasteiger partial charge in [0.05, 0.1) is 31.1 Å². The van der Waals surface area contributed by atoms with Crippen LogP contribution in [0.15, 0.2) is 24.3 Å². The van der Waals surface area contributed by atoms with Crippen molar-refractivity contribution in [3.63, 3.8) is 0 Å². The van der Waals surface area contributed by atoms with Crippen molar-refractivity contribution in [3.05, 3.63) is 24.3 Å². The first-order valence-electron chi connectivity index (χ1n) is 9.29. The van der Waals surface area contributed by atoms with E-state index in [0.717, 1.165) is 5.69 Å². The summed E-state index contributed by atoms with van der Waals surface area (Å²) in [6.45, 7) is 2.28. The molecule has 11 heteroatoms. The van der Waals surface area contributed by atoms with E-state index < -0.39 is 11.5 Å². The zero-order chi connectivity index (χ0) is 20.8. The summed E-state index contributed by atoms with van der Waals surface area (Å²) >= 11 is 1.24. The van der Waals surface area contributed by atoms with Crippen LogP contribution in [-0.2, 0) is 19.1 Å². The number of carbonyl (C=O) groups excluding carboxylic acids is 3. The Kier molecular flexibility index (Phi) is 7.18. The van der Waals surface area contributed by atoms with E-state index in [-0.39, 0.29) is 42.8 Å². The highest BCUT2D eigenvalue weighted by Crippen LogP contribution is 2.33. The van der Waals surface area contributed by atoms with Crippen LogP contribution < -0.4 is 31.1 Å². The highest BCUT2D eigenvalue weighted by Gasteiger charge is 2.44. The SMILES string of the molecule is CCOC(=O)CNC(=O)CSC1NC(=O)C2CNN(c3ccccc3OC)C2N1. The summed E-state index contributed by atoms with van der Waals surface area (Å²) in [4.78, 5) is 35.8. The molecule has 1 aromatic rings. The Morgan fingerprint density at radius 2 is 2.14 bits per heavy atom. The molecule has 158 valence electrons. The number of carbonyl (C=O) groups is 3. The van der Waals surface area contributed by atoms with Crippen LogP contribution in [0.3, 0.4) is 0 Å². The summed E-state index contributed by atoms with van der Waals surface area (Å²) in [5.74, 6) is -0.403. The topological polar surface area (TPSA) is 121 Å². The zero-order valence-corrected chi connectivity index (χ0v) is 17.1. The summed E-state index contributed by atoms with van der Waals surface area (Å²) in [6.07, 6.45) is -0.292. The van der Waals surface area contributed by atoms with E-state index in [1.165, 1.54) is 11.8 Å². The summed E-state index contributed by atoms with van der Waals surface area (Å²) in [5.41, 5.74) is 3.61. The third-order valence-corrected chi connectivity index (χ3v) is 5.55. The number of nitrogens with one attached hydrogen (secondary N) is 4. The molecule has 2 aliphatic heterocycles. The lowest BCUT2D eigenvalue weighted by atomic mass is 10.0. The van der Waals surface area contributed by atoms with Crippen LogP contribution in [0, 0.1) is 5.92 Å². The van der Waals surface area contributed by atoms with Gasteiger partial charge in [0.1, 0.15) is 24.0 Å². The fraction of sp³-hybridized carbons (Fsp3) is 0.500. The van der Waals surface area contributed by atoms with Crippen molar-refractivity contribution in [1.29, 1.82) is 0 Å². The Morgan fingerprint density at radius 1 is 1.34 bits per heavy atom. The minimum Gasteiger partial charge on any atom is -0.495 e. The molecule has 0 spiro atoms. The summed E-state index contributed by atoms with van der Waals surface area (Å²) in [5, 5.41) is 10.6. The molecule has 2 saturated heterocycles. The normalized spacial score (nSPS) is 23.2. The smallest absolute Gasteiger partial charge is 0.325 e. The first kappa shape index (κ1) is 21.2. The number of esters is 1. The lowest BCUT2D eigenvalue weighted by Gasteiger charge is -2.37. The van der Waals surface area contributed by atoms with E-state index >= 15 is 0 Å². The lowest BCUT2D eigenvalue weighted by Crippen LogP contribution is -2.63. The van der Waals surface area contributed by atoms with E-state index in [9.17, 15) is 14.4 Å². The molecule has 0 saturated carbocycles. The molecule has 4 N–H and O–H groups in total. The summed E-state index contributed by atoms with van der Waals surface area (Å²) in [6, 6.07) is 7.54. The van der Waals surface area contributed by atoms with Crippen LogP contribution in [0.2, 0.25) is 0 Å². The van der Waals surface area contributed by atoms with Crippen molar-refractivity contribution in [2.24, 2.45) is 5.92 Å². The maximum absolute atomic E-state index is 12.5. The minimum absolute atomic E-state index is 0.0802. The van der Waals surface area contributed by atoms with E-state index in [2.05, 4.69) is 21.4 Å². The highest BCUT2D eigenvalue weighted by molar-refractivity contribution is 8.00. The average Bonchev–Trinajstić information content (AvgIpc) is 3.15. The van der Waals surface area contributed by atoms with Crippen LogP contribution in [0.4, 0.5) is 5.69 Å². The van der Waals surface area contributed by atoms with Crippen molar-refractivity contribution in [1.82, 2.24) is 21.4 Å². The molecule has 3 unspecified atom stereocenters. The third-order valence-electron chi connectivity index (χ3n) is 4.53. The van der Waals surface area contributed by atoms with Gasteiger partial charge in [0, 0.05) is 6.54 Å². The molecule has 0 radical (unpaired) electrons. The molecule has 3 atom stereocenters. The predicted octanol–water partition coefficient (Wildman–Crippen LogP) is -0.622. The quantitative estimate of drug-likeness (QED) is 0.405. The van der Waals surface area contributed by atoms with Crippen LogP contribution in [-0.4, -0.2) is 62.0 Å². The van der Waals surface area contributed by atoms with E-state index in [4.69, 9.17) is 9.47 Å². The molecular weight excluding hydrogens is 398 g/mol. The zero-order valence-electron chi connectivity index (χ0n) is 16.3. The number of nitrogens with zero attached hydrogens (tertiary/aromatic N) is 1. The Hall–Kier alpha value is -2.50. The number of hydrogen-bond acceptors (Lipinski definition) is 9. The molecule has 2 heterocycles. The molecule has 1 aromatic carbocycles. The van der Waals surface area contributed by atoms with Crippen molar-refractivity contribution < 1.29 is 23.9 Å². The van der Waals surface area contributed by atoms with Gasteiger partial charge in [0.2, 0.25) is 11.8 Å². The minimum atomic E-state index is -0.484. The first-order valence-corrected chi connectivity index (χ1v) is 10.3. The largest absolute Gasteiger partial charge is 0.495 e. The van der Waals surface area contributed by atoms with Gasteiger partial charge in [-0.15, -0.1) is 11.8 Å². The number of rotatable bonds is 8. The van der Waals surface area contributed by atoms with Crippen LogP contribution in [0.25, 0.3) is 0 Å². The standard InChI is InChI=1S/C18H25N5O5S/c1-3-28-15(25)9-19-14(24)10-29-18-21-16-11(17(26)22-18)8-20-23(16)12-6-4-5-7-13(12)27-2/h4-7,11,16,18,20-21H,3,8-10H2,1-2H3,(H,19,24)(H,22,26). The monoisotopic (exact) mass is 423 g/mol. The second-order valence-corrected chi connectivity index (χ2v) is 7.50. The number of benzene rings is 1. The van der Waals surface area contributed by atoms with E-state index in [1.807, 2.05) is 29.3 Å². The molecule has 10 nitrogen and oxygen atoms in total. The number of ether oxygens (including phenoxy) is 2. The second-order valence-electron chi connectivity index (χ2n) is 6.40. The van der Waals surface area contributed by atoms with Gasteiger partial charge in [-0.1, -0.05) is 12.1 Å². The number of amides is 2. The number of hydrazine groups is 1. The van der Waals surface area contributed by atoms with E-state index in [0.29, 0.717) is 12.3 Å². The van der Waals surface area contributed by atoms with Crippen LogP contribution in [0.5, 0.6) is 5.75 Å². The van der Waals surface area contributed by atoms with Gasteiger partial charge in [0.15, 0.2) is 0 Å². The number of methoxy groups -OCH3 is 1. The molecule has 2 aliphatic rings. The number of anilines is 1. The number of hydrogen-bond donors (Lipinski definition) is 4. The average molecular weight is 423 g/mol. The van der Waals surface area contributed by atoms with Crippen molar-refractivity contribution in [2.75, 3.05) is 37.6 Å². The van der Waals surface area contributed by atoms with Gasteiger partial charge in [-0.25, -0.2) is 5.43 Å². The fourth-order valence-electron chi connectivity index (χ4n) is 3.19. The Labute approximate surface area is 173 Å². The van der Waals surface area contributed by atoms with Gasteiger partial charge in [-0.2, -0.15) is 0 Å². The van der Waals surface area contributed by atoms with Gasteiger partial charge in [-0.05, 0) is 19.1 Å².